The maximum absolute atomic E-state index is 13.9. The maximum atomic E-state index is 13.9. The highest BCUT2D eigenvalue weighted by Gasteiger charge is 2.42. The van der Waals surface area contributed by atoms with Crippen LogP contribution in [0.25, 0.3) is 44.5 Å². The first kappa shape index (κ1) is 118. The number of carbonyl (C=O) groups is 8. The van der Waals surface area contributed by atoms with Crippen LogP contribution in [0.15, 0.2) is 317 Å². The van der Waals surface area contributed by atoms with Crippen molar-refractivity contribution in [1.82, 2.24) is 71.3 Å². The quantitative estimate of drug-likeness (QED) is 0.00962. The van der Waals surface area contributed by atoms with Gasteiger partial charge in [-0.2, -0.15) is 0 Å². The van der Waals surface area contributed by atoms with E-state index in [1.165, 1.54) is 77.4 Å². The summed E-state index contributed by atoms with van der Waals surface area (Å²) in [4.78, 5) is 120. The van der Waals surface area contributed by atoms with E-state index in [0.717, 1.165) is 115 Å². The average molecular weight is 2130 g/mol. The molecule has 11 aromatic rings. The van der Waals surface area contributed by atoms with Gasteiger partial charge < -0.3 is 45.5 Å². The number of sulfonamides is 4. The van der Waals surface area contributed by atoms with Gasteiger partial charge in [0.15, 0.2) is 0 Å². The van der Waals surface area contributed by atoms with Crippen LogP contribution < -0.4 is 58.0 Å². The average Bonchev–Trinajstić information content (AvgIpc) is 0.623. The third kappa shape index (κ3) is 36.1. The molecule has 46 heteroatoms. The van der Waals surface area contributed by atoms with Gasteiger partial charge in [0.25, 0.3) is 63.7 Å². The van der Waals surface area contributed by atoms with Crippen LogP contribution in [0.5, 0.6) is 11.5 Å². The summed E-state index contributed by atoms with van der Waals surface area (Å²) in [6.07, 6.45) is -1.13. The van der Waals surface area contributed by atoms with Crippen molar-refractivity contribution in [2.75, 3.05) is 114 Å². The first-order chi connectivity index (χ1) is 71.8. The first-order valence-electron chi connectivity index (χ1n) is 46.6. The second-order valence-electron chi connectivity index (χ2n) is 32.5. The minimum atomic E-state index is -4.44. The van der Waals surface area contributed by atoms with Crippen molar-refractivity contribution >= 4 is 87.5 Å². The molecule has 149 heavy (non-hydrogen) atoms. The highest BCUT2D eigenvalue weighted by Crippen LogP contribution is 2.32. The predicted octanol–water partition coefficient (Wildman–Crippen LogP) is 8.77. The molecular weight excluding hydrogens is 2010 g/mol. The molecule has 12 rings (SSSR count). The van der Waals surface area contributed by atoms with Gasteiger partial charge >= 0.3 is 6.09 Å². The Morgan fingerprint density at radius 2 is 0.611 bits per heavy atom. The number of nitrogens with zero attached hydrogens (tertiary/aromatic N) is 5. The molecule has 1 aliphatic heterocycles. The Morgan fingerprint density at radius 3 is 0.913 bits per heavy atom. The van der Waals surface area contributed by atoms with Gasteiger partial charge in [0.1, 0.15) is 42.3 Å². The number of hydroxylamine groups is 8. The number of methoxy groups -OCH3 is 2. The Balaban J connectivity index is 0.000000223. The molecular formula is C103H122N14O28S4. The van der Waals surface area contributed by atoms with Crippen LogP contribution in [0.2, 0.25) is 0 Å². The monoisotopic (exact) mass is 2130 g/mol. The summed E-state index contributed by atoms with van der Waals surface area (Å²) in [5.74, 6) is -3.56. The second kappa shape index (κ2) is 60.9. The van der Waals surface area contributed by atoms with E-state index in [1.807, 2.05) is 152 Å². The summed E-state index contributed by atoms with van der Waals surface area (Å²) in [6.45, 7) is 5.78. The third-order valence-corrected chi connectivity index (χ3v) is 29.6. The lowest BCUT2D eigenvalue weighted by Crippen LogP contribution is -2.50. The molecule has 0 saturated carbocycles. The molecule has 1 heterocycles. The lowest BCUT2D eigenvalue weighted by atomic mass is 10.1. The molecule has 42 nitrogen and oxygen atoms in total. The molecule has 796 valence electrons. The fourth-order valence-corrected chi connectivity index (χ4v) is 20.6. The summed E-state index contributed by atoms with van der Waals surface area (Å²) in [7, 11) is -10.8. The molecule has 0 bridgehead atoms. The van der Waals surface area contributed by atoms with E-state index in [4.69, 9.17) is 43.5 Å². The molecule has 4 atom stereocenters. The van der Waals surface area contributed by atoms with Gasteiger partial charge in [-0.15, -0.1) is 0 Å². The second-order valence-corrected chi connectivity index (χ2v) is 39.7. The SMILES string of the molecule is CON([C@H](CCNC(=O)Cc1ccccc1)C(=O)NO)S(=O)(=O)c1ccc(-c2ccccc2)cc1.COc1ccc(-c2ccc(S(=O)(=O)N(OC)[C@H](CCNC(=O)Cc3ccccc3)C(=O)NO)cc2)cc1.COc1ccc(-c2ccc(S(=O)(=O)N(OC)[C@H](CCNC(C)=O)C(=O)NO)cc2)cc1.O=C(NCC[C@H](C(=O)NO)N(OCCOCCN1CCNCC1)S(=O)(=O)c1ccc(-c2ccccc2)cc1)OCc1ccccc1. The Labute approximate surface area is 864 Å². The molecule has 0 unspecified atom stereocenters. The van der Waals surface area contributed by atoms with Gasteiger partial charge in [0.2, 0.25) is 17.7 Å². The van der Waals surface area contributed by atoms with Crippen molar-refractivity contribution in [3.05, 3.63) is 314 Å². The molecule has 0 aliphatic carbocycles. The maximum Gasteiger partial charge on any atom is 0.407 e. The number of hydrogen-bond donors (Lipinski definition) is 13. The molecule has 11 aromatic carbocycles. The number of alkyl carbamates (subject to hydrolysis) is 1. The zero-order chi connectivity index (χ0) is 108. The molecule has 13 N–H and O–H groups in total. The molecule has 1 fully saturated rings. The van der Waals surface area contributed by atoms with E-state index < -0.39 is 94.0 Å². The molecule has 0 spiro atoms. The molecule has 0 radical (unpaired) electrons. The summed E-state index contributed by atoms with van der Waals surface area (Å²) in [5.41, 5.74) is 15.0. The number of amides is 8. The van der Waals surface area contributed by atoms with E-state index in [1.54, 1.807) is 111 Å². The van der Waals surface area contributed by atoms with E-state index in [9.17, 15) is 87.6 Å². The fraction of sp³-hybridized carbons (Fsp3) is 0.282. The summed E-state index contributed by atoms with van der Waals surface area (Å²) < 4.78 is 130. The van der Waals surface area contributed by atoms with Gasteiger partial charge in [-0.25, -0.2) is 60.4 Å². The van der Waals surface area contributed by atoms with Crippen LogP contribution in [0, 0.1) is 0 Å². The third-order valence-electron chi connectivity index (χ3n) is 22.6. The first-order valence-corrected chi connectivity index (χ1v) is 52.3. The molecule has 1 aliphatic rings. The van der Waals surface area contributed by atoms with Crippen LogP contribution in [0.4, 0.5) is 4.79 Å². The minimum absolute atomic E-state index is 0.000786. The topological polar surface area (TPSA) is 552 Å². The summed E-state index contributed by atoms with van der Waals surface area (Å²) in [6, 6.07) is 79.3. The highest BCUT2D eigenvalue weighted by atomic mass is 32.2. The van der Waals surface area contributed by atoms with E-state index in [2.05, 4.69) is 31.5 Å². The fourth-order valence-electron chi connectivity index (χ4n) is 14.9. The lowest BCUT2D eigenvalue weighted by Gasteiger charge is -2.29. The standard InChI is InChI=1S/C32H41N5O8S.C26H29N3O7S.C25H27N3O6S.C20H25N3O7S/c38-31(35-40)30(15-16-34-32(39)44-25-26-7-3-1-4-8-26)37(45-24-23-43-22-21-36-19-17-33-18-20-36)46(41,42)29-13-11-28(12-14-29)27-9-5-2-6-10-27;1-35-22-12-8-20(9-13-22)21-10-14-23(15-11-21)37(33,34)29(36-2)24(26(31)28-32)16-17-27-25(30)18-19-6-4-3-5-7-19;1-34-28(35(32,33)22-14-12-21(13-15-22)20-10-6-3-7-11-20)23(25(30)27-31)16-17-26-24(29)18-19-8-4-2-5-9-19;1-14(24)21-13-12-19(20(25)22-26)23(30-3)31(27,28)18-10-6-16(7-11-18)15-4-8-17(29-2)9-5-15/h1-14,30,33,40H,15-25H2,(H,34,39)(H,35,38);3-15,24,32H,16-18H2,1-2H3,(H,27,30)(H,28,31);2-15,23,31H,16-18H2,1H3,(H,26,29)(H,27,30);4-11,19,26H,12-13H2,1-3H3,(H,21,24)(H,22,25)/t30-;24-;23-;19-/m1111/s1. The Kier molecular flexibility index (Phi) is 48.4. The lowest BCUT2D eigenvalue weighted by molar-refractivity contribution is -0.159. The van der Waals surface area contributed by atoms with Crippen molar-refractivity contribution in [3.8, 4) is 56.0 Å². The molecule has 1 saturated heterocycles. The van der Waals surface area contributed by atoms with E-state index in [-0.39, 0.29) is 122 Å². The Hall–Kier alpha value is -14.2. The van der Waals surface area contributed by atoms with Gasteiger partial charge in [-0.3, -0.25) is 78.6 Å². The van der Waals surface area contributed by atoms with Crippen molar-refractivity contribution in [3.63, 3.8) is 0 Å². The number of rotatable bonds is 50. The summed E-state index contributed by atoms with van der Waals surface area (Å²) in [5, 5.41) is 50.5. The van der Waals surface area contributed by atoms with Gasteiger partial charge in [0.05, 0.1) is 87.8 Å². The Bertz CT molecular complexity index is 6530. The van der Waals surface area contributed by atoms with Crippen LogP contribution in [0.1, 0.15) is 49.3 Å². The van der Waals surface area contributed by atoms with Gasteiger partial charge in [-0.1, -0.05) is 242 Å². The minimum Gasteiger partial charge on any atom is -0.497 e. The van der Waals surface area contributed by atoms with Gasteiger partial charge in [0, 0.05) is 65.8 Å². The zero-order valence-electron chi connectivity index (χ0n) is 82.5. The zero-order valence-corrected chi connectivity index (χ0v) is 85.8. The number of nitrogens with one attached hydrogen (secondary N) is 9. The van der Waals surface area contributed by atoms with Crippen LogP contribution >= 0.6 is 0 Å². The number of benzene rings is 11. The van der Waals surface area contributed by atoms with Crippen LogP contribution in [-0.4, -0.2) is 263 Å². The molecule has 8 amide bonds. The normalized spacial score (nSPS) is 12.9. The van der Waals surface area contributed by atoms with E-state index >= 15 is 0 Å². The summed E-state index contributed by atoms with van der Waals surface area (Å²) >= 11 is 0. The largest absolute Gasteiger partial charge is 0.497 e. The van der Waals surface area contributed by atoms with E-state index in [0.29, 0.717) is 36.0 Å². The number of ether oxygens (including phenoxy) is 4. The highest BCUT2D eigenvalue weighted by molar-refractivity contribution is 7.90. The number of carbonyl (C=O) groups excluding carboxylic acids is 8. The van der Waals surface area contributed by atoms with Crippen molar-refractivity contribution < 1.29 is 131 Å². The van der Waals surface area contributed by atoms with Crippen LogP contribution in [-0.2, 0) is 122 Å². The predicted molar refractivity (Wildman–Crippen MR) is 547 cm³/mol. The smallest absolute Gasteiger partial charge is 0.407 e. The van der Waals surface area contributed by atoms with Crippen molar-refractivity contribution in [2.45, 2.75) is 95.8 Å². The number of hydrogen-bond acceptors (Lipinski definition) is 30. The molecule has 0 aromatic heterocycles. The number of piperazine rings is 1. The Morgan fingerprint density at radius 1 is 0.336 bits per heavy atom. The van der Waals surface area contributed by atoms with Crippen molar-refractivity contribution in [1.29, 1.82) is 0 Å². The van der Waals surface area contributed by atoms with Crippen molar-refractivity contribution in [2.24, 2.45) is 0 Å². The van der Waals surface area contributed by atoms with Gasteiger partial charge in [-0.05, 0) is 160 Å². The van der Waals surface area contributed by atoms with Crippen LogP contribution in [0.3, 0.4) is 0 Å².